The van der Waals surface area contributed by atoms with Crippen LogP contribution in [0.1, 0.15) is 22.6 Å². The molecule has 26 heavy (non-hydrogen) atoms. The Morgan fingerprint density at radius 2 is 1.92 bits per heavy atom. The van der Waals surface area contributed by atoms with Crippen LogP contribution in [-0.2, 0) is 6.42 Å². The Morgan fingerprint density at radius 1 is 1.15 bits per heavy atom. The van der Waals surface area contributed by atoms with Gasteiger partial charge in [0.15, 0.2) is 5.82 Å². The minimum atomic E-state index is -0.341. The van der Waals surface area contributed by atoms with E-state index in [1.807, 2.05) is 30.3 Å². The van der Waals surface area contributed by atoms with Crippen LogP contribution in [0.2, 0.25) is 0 Å². The molecule has 132 valence electrons. The standard InChI is InChI=1S/C20H18FN3O2/c21-17-8-6-16(7-9-17)20(25)24-11-10-14(13-24)12-18-22-19(26-23-18)15-4-2-1-3-5-15/h1-9,14H,10-13H2. The Hall–Kier alpha value is -3.02. The van der Waals surface area contributed by atoms with Crippen LogP contribution in [0, 0.1) is 11.7 Å². The average Bonchev–Trinajstić information content (AvgIpc) is 3.33. The molecule has 1 aliphatic rings. The van der Waals surface area contributed by atoms with E-state index in [-0.39, 0.29) is 11.7 Å². The molecule has 1 unspecified atom stereocenters. The molecule has 1 aliphatic heterocycles. The van der Waals surface area contributed by atoms with Crippen LogP contribution in [0.5, 0.6) is 0 Å². The molecule has 1 fully saturated rings. The van der Waals surface area contributed by atoms with E-state index in [4.69, 9.17) is 4.52 Å². The first kappa shape index (κ1) is 16.4. The number of halogens is 1. The van der Waals surface area contributed by atoms with Gasteiger partial charge in [-0.05, 0) is 48.7 Å². The van der Waals surface area contributed by atoms with Gasteiger partial charge in [-0.1, -0.05) is 23.4 Å². The number of carbonyl (C=O) groups excluding carboxylic acids is 1. The summed E-state index contributed by atoms with van der Waals surface area (Å²) < 4.78 is 18.3. The lowest BCUT2D eigenvalue weighted by atomic mass is 10.0. The molecule has 0 radical (unpaired) electrons. The first-order chi connectivity index (χ1) is 12.7. The number of amides is 1. The molecular weight excluding hydrogens is 333 g/mol. The van der Waals surface area contributed by atoms with Crippen LogP contribution in [0.3, 0.4) is 0 Å². The van der Waals surface area contributed by atoms with Crippen molar-refractivity contribution in [2.45, 2.75) is 12.8 Å². The van der Waals surface area contributed by atoms with Crippen molar-refractivity contribution < 1.29 is 13.7 Å². The molecule has 0 spiro atoms. The highest BCUT2D eigenvalue weighted by atomic mass is 19.1. The summed E-state index contributed by atoms with van der Waals surface area (Å²) in [4.78, 5) is 18.8. The fourth-order valence-corrected chi connectivity index (χ4v) is 3.25. The topological polar surface area (TPSA) is 59.2 Å². The minimum Gasteiger partial charge on any atom is -0.338 e. The van der Waals surface area contributed by atoms with E-state index in [9.17, 15) is 9.18 Å². The number of aromatic nitrogens is 2. The Kier molecular flexibility index (Phi) is 4.48. The third kappa shape index (κ3) is 3.49. The maximum absolute atomic E-state index is 13.0. The zero-order valence-electron chi connectivity index (χ0n) is 14.1. The van der Waals surface area contributed by atoms with Crippen LogP contribution in [0.4, 0.5) is 4.39 Å². The second-order valence-electron chi connectivity index (χ2n) is 6.50. The van der Waals surface area contributed by atoms with Gasteiger partial charge in [-0.3, -0.25) is 4.79 Å². The number of carbonyl (C=O) groups is 1. The van der Waals surface area contributed by atoms with Gasteiger partial charge in [-0.15, -0.1) is 0 Å². The van der Waals surface area contributed by atoms with Crippen molar-refractivity contribution in [1.82, 2.24) is 15.0 Å². The minimum absolute atomic E-state index is 0.0643. The molecule has 2 aromatic carbocycles. The fourth-order valence-electron chi connectivity index (χ4n) is 3.25. The maximum atomic E-state index is 13.0. The van der Waals surface area contributed by atoms with Crippen LogP contribution in [0.15, 0.2) is 59.1 Å². The van der Waals surface area contributed by atoms with Crippen molar-refractivity contribution >= 4 is 5.91 Å². The molecule has 1 amide bonds. The highest BCUT2D eigenvalue weighted by Gasteiger charge is 2.28. The molecule has 4 rings (SSSR count). The third-order valence-corrected chi connectivity index (χ3v) is 4.62. The molecule has 0 aliphatic carbocycles. The molecule has 5 nitrogen and oxygen atoms in total. The summed E-state index contributed by atoms with van der Waals surface area (Å²) in [5.74, 6) is 1.06. The summed E-state index contributed by atoms with van der Waals surface area (Å²) in [6, 6.07) is 15.3. The molecule has 3 aromatic rings. The normalized spacial score (nSPS) is 16.8. The van der Waals surface area contributed by atoms with Crippen molar-refractivity contribution in [2.75, 3.05) is 13.1 Å². The van der Waals surface area contributed by atoms with Crippen LogP contribution in [-0.4, -0.2) is 34.0 Å². The third-order valence-electron chi connectivity index (χ3n) is 4.62. The second kappa shape index (κ2) is 7.07. The van der Waals surface area contributed by atoms with Gasteiger partial charge in [0.2, 0.25) is 0 Å². The average molecular weight is 351 g/mol. The Morgan fingerprint density at radius 3 is 2.69 bits per heavy atom. The number of nitrogens with zero attached hydrogens (tertiary/aromatic N) is 3. The lowest BCUT2D eigenvalue weighted by molar-refractivity contribution is 0.0787. The number of benzene rings is 2. The van der Waals surface area contributed by atoms with Crippen molar-refractivity contribution in [3.63, 3.8) is 0 Å². The number of likely N-dealkylation sites (tertiary alicyclic amines) is 1. The van der Waals surface area contributed by atoms with Gasteiger partial charge in [0.1, 0.15) is 5.82 Å². The van der Waals surface area contributed by atoms with Gasteiger partial charge in [-0.2, -0.15) is 4.98 Å². The van der Waals surface area contributed by atoms with Gasteiger partial charge < -0.3 is 9.42 Å². The van der Waals surface area contributed by atoms with Crippen molar-refractivity contribution in [2.24, 2.45) is 5.92 Å². The summed E-state index contributed by atoms with van der Waals surface area (Å²) in [6.45, 7) is 1.33. The van der Waals surface area contributed by atoms with Gasteiger partial charge in [-0.25, -0.2) is 4.39 Å². The van der Waals surface area contributed by atoms with Gasteiger partial charge in [0, 0.05) is 30.6 Å². The highest BCUT2D eigenvalue weighted by molar-refractivity contribution is 5.94. The predicted molar refractivity (Wildman–Crippen MR) is 93.8 cm³/mol. The van der Waals surface area contributed by atoms with E-state index >= 15 is 0 Å². The zero-order chi connectivity index (χ0) is 17.9. The maximum Gasteiger partial charge on any atom is 0.257 e. The van der Waals surface area contributed by atoms with Crippen LogP contribution >= 0.6 is 0 Å². The predicted octanol–water partition coefficient (Wildman–Crippen LogP) is 3.58. The summed E-state index contributed by atoms with van der Waals surface area (Å²) in [5.41, 5.74) is 1.41. The fraction of sp³-hybridized carbons (Fsp3) is 0.250. The Labute approximate surface area is 150 Å². The van der Waals surface area contributed by atoms with E-state index in [0.29, 0.717) is 42.7 Å². The molecule has 6 heteroatoms. The largest absolute Gasteiger partial charge is 0.338 e. The summed E-state index contributed by atoms with van der Waals surface area (Å²) in [6.07, 6.45) is 1.56. The van der Waals surface area contributed by atoms with E-state index < -0.39 is 0 Å². The van der Waals surface area contributed by atoms with Crippen LogP contribution < -0.4 is 0 Å². The summed E-state index contributed by atoms with van der Waals surface area (Å²) in [7, 11) is 0. The van der Waals surface area contributed by atoms with Gasteiger partial charge in [0.25, 0.3) is 11.8 Å². The van der Waals surface area contributed by atoms with Crippen molar-refractivity contribution in [1.29, 1.82) is 0 Å². The lowest BCUT2D eigenvalue weighted by Crippen LogP contribution is -2.29. The zero-order valence-corrected chi connectivity index (χ0v) is 14.1. The highest BCUT2D eigenvalue weighted by Crippen LogP contribution is 2.23. The second-order valence-corrected chi connectivity index (χ2v) is 6.50. The monoisotopic (exact) mass is 351 g/mol. The molecular formula is C20H18FN3O2. The Bertz CT molecular complexity index is 893. The van der Waals surface area contributed by atoms with Crippen molar-refractivity contribution in [3.05, 3.63) is 71.8 Å². The molecule has 2 heterocycles. The molecule has 1 saturated heterocycles. The van der Waals surface area contributed by atoms with E-state index in [1.54, 1.807) is 4.90 Å². The Balaban J connectivity index is 1.38. The summed E-state index contributed by atoms with van der Waals surface area (Å²) in [5, 5.41) is 4.06. The van der Waals surface area contributed by atoms with Crippen molar-refractivity contribution in [3.8, 4) is 11.5 Å². The summed E-state index contributed by atoms with van der Waals surface area (Å²) >= 11 is 0. The number of hydrogen-bond donors (Lipinski definition) is 0. The van der Waals surface area contributed by atoms with Gasteiger partial charge in [0.05, 0.1) is 0 Å². The first-order valence-electron chi connectivity index (χ1n) is 8.62. The molecule has 1 aromatic heterocycles. The molecule has 0 N–H and O–H groups in total. The molecule has 1 atom stereocenters. The van der Waals surface area contributed by atoms with Gasteiger partial charge >= 0.3 is 0 Å². The first-order valence-corrected chi connectivity index (χ1v) is 8.62. The van der Waals surface area contributed by atoms with E-state index in [2.05, 4.69) is 10.1 Å². The molecule has 0 saturated carbocycles. The van der Waals surface area contributed by atoms with E-state index in [0.717, 1.165) is 12.0 Å². The smallest absolute Gasteiger partial charge is 0.257 e. The van der Waals surface area contributed by atoms with E-state index in [1.165, 1.54) is 24.3 Å². The SMILES string of the molecule is O=C(c1ccc(F)cc1)N1CCC(Cc2noc(-c3ccccc3)n2)C1. The van der Waals surface area contributed by atoms with Crippen LogP contribution in [0.25, 0.3) is 11.5 Å². The molecule has 0 bridgehead atoms. The number of rotatable bonds is 4. The lowest BCUT2D eigenvalue weighted by Gasteiger charge is -2.16. The quantitative estimate of drug-likeness (QED) is 0.721. The number of hydrogen-bond acceptors (Lipinski definition) is 4.